The summed E-state index contributed by atoms with van der Waals surface area (Å²) >= 11 is 0. The summed E-state index contributed by atoms with van der Waals surface area (Å²) in [7, 11) is 0. The van der Waals surface area contributed by atoms with Crippen molar-refractivity contribution in [1.29, 1.82) is 0 Å². The minimum atomic E-state index is -1.00. The van der Waals surface area contributed by atoms with E-state index in [-0.39, 0.29) is 12.6 Å². The van der Waals surface area contributed by atoms with Crippen LogP contribution in [0.5, 0.6) is 11.5 Å². The topological polar surface area (TPSA) is 44.8 Å². The van der Waals surface area contributed by atoms with Gasteiger partial charge in [-0.25, -0.2) is 4.79 Å². The van der Waals surface area contributed by atoms with E-state index in [4.69, 9.17) is 14.2 Å². The lowest BCUT2D eigenvalue weighted by molar-refractivity contribution is -0.168. The third-order valence-electron chi connectivity index (χ3n) is 2.92. The summed E-state index contributed by atoms with van der Waals surface area (Å²) in [6.07, 6.45) is 1.41. The van der Waals surface area contributed by atoms with Crippen molar-refractivity contribution in [2.45, 2.75) is 32.3 Å². The molecule has 4 nitrogen and oxygen atoms in total. The van der Waals surface area contributed by atoms with Gasteiger partial charge in [-0.05, 0) is 19.1 Å². The number of para-hydroxylation sites is 2. The Bertz CT molecular complexity index is 430. The smallest absolute Gasteiger partial charge is 0.354 e. The number of fused-ring (bicyclic) bond motifs is 1. The second-order valence-electron chi connectivity index (χ2n) is 4.30. The highest BCUT2D eigenvalue weighted by molar-refractivity contribution is 5.81. The highest BCUT2D eigenvalue weighted by atomic mass is 16.6. The van der Waals surface area contributed by atoms with Crippen molar-refractivity contribution in [3.05, 3.63) is 24.3 Å². The molecule has 0 fully saturated rings. The van der Waals surface area contributed by atoms with Crippen molar-refractivity contribution < 1.29 is 19.0 Å². The van der Waals surface area contributed by atoms with E-state index in [1.807, 2.05) is 25.1 Å². The molecule has 0 amide bonds. The molecule has 1 aliphatic heterocycles. The zero-order chi connectivity index (χ0) is 13.0. The maximum absolute atomic E-state index is 12.1. The Kier molecular flexibility index (Phi) is 3.75. The van der Waals surface area contributed by atoms with E-state index in [2.05, 4.69) is 0 Å². The molecule has 0 radical (unpaired) electrons. The van der Waals surface area contributed by atoms with Gasteiger partial charge >= 0.3 is 5.97 Å². The summed E-state index contributed by atoms with van der Waals surface area (Å²) in [6, 6.07) is 7.36. The van der Waals surface area contributed by atoms with Gasteiger partial charge in [0.25, 0.3) is 0 Å². The molecule has 0 aromatic heterocycles. The molecule has 1 heterocycles. The summed E-state index contributed by atoms with van der Waals surface area (Å²) < 4.78 is 16.6. The SMILES string of the molecule is CCCC1(C(=O)OCC)COc2ccccc2O1. The molecular formula is C14H18O4. The molecular weight excluding hydrogens is 232 g/mol. The number of carbonyl (C=O) groups excluding carboxylic acids is 1. The molecule has 0 spiro atoms. The van der Waals surface area contributed by atoms with E-state index >= 15 is 0 Å². The van der Waals surface area contributed by atoms with Gasteiger partial charge in [0.15, 0.2) is 11.5 Å². The van der Waals surface area contributed by atoms with Gasteiger partial charge in [-0.2, -0.15) is 0 Å². The van der Waals surface area contributed by atoms with E-state index in [0.29, 0.717) is 24.5 Å². The molecule has 0 saturated carbocycles. The van der Waals surface area contributed by atoms with Gasteiger partial charge in [0.1, 0.15) is 6.61 Å². The van der Waals surface area contributed by atoms with Crippen LogP contribution in [0.1, 0.15) is 26.7 Å². The lowest BCUT2D eigenvalue weighted by Gasteiger charge is -2.36. The van der Waals surface area contributed by atoms with Crippen molar-refractivity contribution in [1.82, 2.24) is 0 Å². The van der Waals surface area contributed by atoms with Gasteiger partial charge in [0, 0.05) is 6.42 Å². The average molecular weight is 250 g/mol. The van der Waals surface area contributed by atoms with Crippen LogP contribution >= 0.6 is 0 Å². The highest BCUT2D eigenvalue weighted by Gasteiger charge is 2.45. The van der Waals surface area contributed by atoms with Crippen LogP contribution in [0.2, 0.25) is 0 Å². The Hall–Kier alpha value is -1.71. The fourth-order valence-electron chi connectivity index (χ4n) is 2.08. The molecule has 98 valence electrons. The maximum atomic E-state index is 12.1. The van der Waals surface area contributed by atoms with E-state index in [1.54, 1.807) is 13.0 Å². The number of rotatable bonds is 4. The number of esters is 1. The van der Waals surface area contributed by atoms with Crippen LogP contribution in [-0.2, 0) is 9.53 Å². The lowest BCUT2D eigenvalue weighted by Crippen LogP contribution is -2.52. The van der Waals surface area contributed by atoms with Crippen molar-refractivity contribution in [3.8, 4) is 11.5 Å². The highest BCUT2D eigenvalue weighted by Crippen LogP contribution is 2.37. The number of benzene rings is 1. The van der Waals surface area contributed by atoms with Crippen LogP contribution in [-0.4, -0.2) is 24.8 Å². The second kappa shape index (κ2) is 5.29. The summed E-state index contributed by atoms with van der Waals surface area (Å²) in [5.74, 6) is 0.931. The van der Waals surface area contributed by atoms with Crippen LogP contribution in [0.15, 0.2) is 24.3 Å². The van der Waals surface area contributed by atoms with E-state index in [0.717, 1.165) is 6.42 Å². The van der Waals surface area contributed by atoms with Crippen LogP contribution in [0.4, 0.5) is 0 Å². The second-order valence-corrected chi connectivity index (χ2v) is 4.30. The van der Waals surface area contributed by atoms with Gasteiger partial charge in [0.2, 0.25) is 5.60 Å². The normalized spacial score (nSPS) is 21.4. The minimum absolute atomic E-state index is 0.205. The minimum Gasteiger partial charge on any atom is -0.485 e. The fraction of sp³-hybridized carbons (Fsp3) is 0.500. The van der Waals surface area contributed by atoms with Crippen molar-refractivity contribution >= 4 is 5.97 Å². The maximum Gasteiger partial charge on any atom is 0.354 e. The number of ether oxygens (including phenoxy) is 3. The average Bonchev–Trinajstić information content (AvgIpc) is 2.39. The number of hydrogen-bond donors (Lipinski definition) is 0. The van der Waals surface area contributed by atoms with Gasteiger partial charge in [-0.1, -0.05) is 25.5 Å². The molecule has 1 aromatic carbocycles. The molecule has 4 heteroatoms. The Morgan fingerprint density at radius 3 is 2.72 bits per heavy atom. The number of hydrogen-bond acceptors (Lipinski definition) is 4. The predicted octanol–water partition coefficient (Wildman–Crippen LogP) is 2.56. The van der Waals surface area contributed by atoms with Gasteiger partial charge in [0.05, 0.1) is 6.61 Å². The molecule has 1 atom stereocenters. The Labute approximate surface area is 107 Å². The summed E-state index contributed by atoms with van der Waals surface area (Å²) in [6.45, 7) is 4.34. The zero-order valence-electron chi connectivity index (χ0n) is 10.8. The Balaban J connectivity index is 2.26. The van der Waals surface area contributed by atoms with Gasteiger partial charge in [-0.3, -0.25) is 0 Å². The zero-order valence-corrected chi connectivity index (χ0v) is 10.8. The molecule has 0 N–H and O–H groups in total. The molecule has 0 saturated heterocycles. The summed E-state index contributed by atoms with van der Waals surface area (Å²) in [5, 5.41) is 0. The fourth-order valence-corrected chi connectivity index (χ4v) is 2.08. The first-order valence-corrected chi connectivity index (χ1v) is 6.30. The largest absolute Gasteiger partial charge is 0.485 e. The molecule has 1 aromatic rings. The monoisotopic (exact) mass is 250 g/mol. The molecule has 0 bridgehead atoms. The third-order valence-corrected chi connectivity index (χ3v) is 2.92. The predicted molar refractivity (Wildman–Crippen MR) is 66.8 cm³/mol. The molecule has 18 heavy (non-hydrogen) atoms. The first-order chi connectivity index (χ1) is 8.72. The third kappa shape index (κ3) is 2.28. The van der Waals surface area contributed by atoms with Gasteiger partial charge < -0.3 is 14.2 Å². The summed E-state index contributed by atoms with van der Waals surface area (Å²) in [4.78, 5) is 12.1. The molecule has 2 rings (SSSR count). The first kappa shape index (κ1) is 12.7. The van der Waals surface area contributed by atoms with Crippen LogP contribution < -0.4 is 9.47 Å². The van der Waals surface area contributed by atoms with E-state index in [9.17, 15) is 4.79 Å². The first-order valence-electron chi connectivity index (χ1n) is 6.30. The van der Waals surface area contributed by atoms with Gasteiger partial charge in [-0.15, -0.1) is 0 Å². The lowest BCUT2D eigenvalue weighted by atomic mass is 9.97. The molecule has 1 aliphatic rings. The quantitative estimate of drug-likeness (QED) is 0.770. The van der Waals surface area contributed by atoms with E-state index < -0.39 is 5.60 Å². The van der Waals surface area contributed by atoms with Crippen molar-refractivity contribution in [2.24, 2.45) is 0 Å². The molecule has 1 unspecified atom stereocenters. The van der Waals surface area contributed by atoms with E-state index in [1.165, 1.54) is 0 Å². The molecule has 0 aliphatic carbocycles. The van der Waals surface area contributed by atoms with Crippen LogP contribution in [0, 0.1) is 0 Å². The standard InChI is InChI=1S/C14H18O4/c1-3-9-14(13(15)16-4-2)10-17-11-7-5-6-8-12(11)18-14/h5-8H,3-4,9-10H2,1-2H3. The van der Waals surface area contributed by atoms with Crippen LogP contribution in [0.3, 0.4) is 0 Å². The Morgan fingerprint density at radius 2 is 2.06 bits per heavy atom. The van der Waals surface area contributed by atoms with Crippen LogP contribution in [0.25, 0.3) is 0 Å². The van der Waals surface area contributed by atoms with Crippen molar-refractivity contribution in [3.63, 3.8) is 0 Å². The number of carbonyl (C=O) groups is 1. The van der Waals surface area contributed by atoms with Crippen molar-refractivity contribution in [2.75, 3.05) is 13.2 Å². The summed E-state index contributed by atoms with van der Waals surface area (Å²) in [5.41, 5.74) is -1.00. The Morgan fingerprint density at radius 1 is 1.33 bits per heavy atom.